The topological polar surface area (TPSA) is 83.1 Å². The number of amides is 1. The Morgan fingerprint density at radius 2 is 2.00 bits per heavy atom. The highest BCUT2D eigenvalue weighted by Crippen LogP contribution is 2.10. The quantitative estimate of drug-likeness (QED) is 0.628. The van der Waals surface area contributed by atoms with Crippen LogP contribution in [0, 0.1) is 6.92 Å². The first-order chi connectivity index (χ1) is 8.99. The van der Waals surface area contributed by atoms with E-state index < -0.39 is 5.91 Å². The molecule has 98 valence electrons. The number of carbonyl (C=O) groups is 1. The average molecular weight is 275 g/mol. The summed E-state index contributed by atoms with van der Waals surface area (Å²) >= 11 is 4.73. The molecule has 19 heavy (non-hydrogen) atoms. The van der Waals surface area contributed by atoms with Gasteiger partial charge in [-0.3, -0.25) is 10.2 Å². The summed E-state index contributed by atoms with van der Waals surface area (Å²) in [6.07, 6.45) is 0. The second-order valence-corrected chi connectivity index (χ2v) is 4.50. The monoisotopic (exact) mass is 275 g/mol. The summed E-state index contributed by atoms with van der Waals surface area (Å²) in [6.45, 7) is 3.67. The molecule has 0 saturated carbocycles. The lowest BCUT2D eigenvalue weighted by atomic mass is 10.2. The van der Waals surface area contributed by atoms with Gasteiger partial charge in [-0.15, -0.1) is 0 Å². The molecular formula is C12H13N5OS. The molecular weight excluding hydrogens is 262 g/mol. The average Bonchev–Trinajstić information content (AvgIpc) is 2.65. The van der Waals surface area contributed by atoms with Gasteiger partial charge in [0.25, 0.3) is 0 Å². The van der Waals surface area contributed by atoms with E-state index in [1.54, 1.807) is 6.92 Å². The van der Waals surface area contributed by atoms with Crippen molar-refractivity contribution in [2.24, 2.45) is 15.9 Å². The zero-order valence-corrected chi connectivity index (χ0v) is 11.4. The lowest BCUT2D eigenvalue weighted by Crippen LogP contribution is -2.36. The van der Waals surface area contributed by atoms with Gasteiger partial charge in [0.1, 0.15) is 0 Å². The molecule has 0 aliphatic carbocycles. The lowest BCUT2D eigenvalue weighted by molar-refractivity contribution is -0.119. The molecule has 1 amide bonds. The van der Waals surface area contributed by atoms with Gasteiger partial charge in [-0.25, -0.2) is 0 Å². The van der Waals surface area contributed by atoms with Crippen LogP contribution in [-0.2, 0) is 4.79 Å². The first-order valence-corrected chi connectivity index (χ1v) is 5.99. The molecule has 1 aliphatic rings. The fourth-order valence-corrected chi connectivity index (χ4v) is 1.65. The molecule has 2 rings (SSSR count). The van der Waals surface area contributed by atoms with Crippen molar-refractivity contribution in [1.82, 2.24) is 5.01 Å². The van der Waals surface area contributed by atoms with Crippen LogP contribution in [0.3, 0.4) is 0 Å². The second kappa shape index (κ2) is 5.15. The minimum atomic E-state index is -0.426. The molecule has 0 unspecified atom stereocenters. The van der Waals surface area contributed by atoms with E-state index in [0.29, 0.717) is 5.71 Å². The van der Waals surface area contributed by atoms with Crippen LogP contribution in [0.15, 0.2) is 34.5 Å². The van der Waals surface area contributed by atoms with E-state index in [1.165, 1.54) is 0 Å². The Labute approximate surface area is 116 Å². The van der Waals surface area contributed by atoms with Crippen molar-refractivity contribution in [1.29, 1.82) is 0 Å². The number of hydrogen-bond acceptors (Lipinski definition) is 5. The van der Waals surface area contributed by atoms with E-state index in [-0.39, 0.29) is 10.8 Å². The Hall–Kier alpha value is -2.28. The summed E-state index contributed by atoms with van der Waals surface area (Å²) in [6, 6.07) is 7.63. The third kappa shape index (κ3) is 2.76. The fraction of sp³-hybridized carbons (Fsp3) is 0.167. The number of rotatable bonds is 2. The van der Waals surface area contributed by atoms with Crippen molar-refractivity contribution in [2.75, 3.05) is 5.43 Å². The molecule has 7 heteroatoms. The van der Waals surface area contributed by atoms with Crippen molar-refractivity contribution in [3.05, 3.63) is 29.8 Å². The van der Waals surface area contributed by atoms with E-state index in [2.05, 4.69) is 15.6 Å². The number of aryl methyl sites for hydroxylation is 1. The van der Waals surface area contributed by atoms with Gasteiger partial charge in [0.05, 0.1) is 11.4 Å². The Morgan fingerprint density at radius 1 is 1.37 bits per heavy atom. The number of nitrogens with two attached hydrogens (primary N) is 1. The fourth-order valence-electron chi connectivity index (χ4n) is 1.52. The highest BCUT2D eigenvalue weighted by molar-refractivity contribution is 7.80. The number of benzene rings is 1. The maximum absolute atomic E-state index is 11.9. The van der Waals surface area contributed by atoms with Crippen LogP contribution in [0.4, 0.5) is 5.69 Å². The number of hydrogen-bond donors (Lipinski definition) is 2. The van der Waals surface area contributed by atoms with Crippen LogP contribution in [0.2, 0.25) is 0 Å². The minimum Gasteiger partial charge on any atom is -0.374 e. The predicted octanol–water partition coefficient (Wildman–Crippen LogP) is 1.22. The number of nitrogens with one attached hydrogen (secondary N) is 1. The molecule has 0 spiro atoms. The van der Waals surface area contributed by atoms with Crippen molar-refractivity contribution >= 4 is 40.3 Å². The molecule has 0 radical (unpaired) electrons. The molecule has 1 aromatic rings. The zero-order valence-electron chi connectivity index (χ0n) is 10.5. The molecule has 0 saturated heterocycles. The van der Waals surface area contributed by atoms with Gasteiger partial charge in [0.2, 0.25) is 0 Å². The number of nitrogens with zero attached hydrogens (tertiary/aromatic N) is 3. The first kappa shape index (κ1) is 13.2. The third-order valence-corrected chi connectivity index (χ3v) is 2.72. The van der Waals surface area contributed by atoms with Gasteiger partial charge in [0.15, 0.2) is 10.8 Å². The van der Waals surface area contributed by atoms with Gasteiger partial charge >= 0.3 is 5.91 Å². The SMILES string of the molecule is CC1=NN(C(N)=S)C(=O)/C1=N/Nc1ccc(C)cc1. The Balaban J connectivity index is 2.16. The van der Waals surface area contributed by atoms with E-state index in [1.807, 2.05) is 31.2 Å². The molecule has 1 aromatic carbocycles. The van der Waals surface area contributed by atoms with E-state index in [9.17, 15) is 4.79 Å². The highest BCUT2D eigenvalue weighted by atomic mass is 32.1. The largest absolute Gasteiger partial charge is 0.374 e. The molecule has 1 aliphatic heterocycles. The standard InChI is InChI=1S/C12H13N5OS/c1-7-3-5-9(6-4-7)14-15-10-8(2)16-17(11(10)18)12(13)19/h3-6,14H,1-2H3,(H2,13,19)/b15-10+. The Morgan fingerprint density at radius 3 is 2.53 bits per heavy atom. The Bertz CT molecular complexity index is 591. The van der Waals surface area contributed by atoms with Gasteiger partial charge in [-0.2, -0.15) is 15.2 Å². The summed E-state index contributed by atoms with van der Waals surface area (Å²) < 4.78 is 0. The smallest absolute Gasteiger partial charge is 0.303 e. The van der Waals surface area contributed by atoms with Crippen LogP contribution in [0.25, 0.3) is 0 Å². The Kier molecular flexibility index (Phi) is 3.57. The maximum Gasteiger partial charge on any atom is 0.303 e. The van der Waals surface area contributed by atoms with Gasteiger partial charge in [0, 0.05) is 0 Å². The summed E-state index contributed by atoms with van der Waals surface area (Å²) in [5.74, 6) is -0.426. The number of hydrazone groups is 2. The zero-order chi connectivity index (χ0) is 14.0. The van der Waals surface area contributed by atoms with Crippen LogP contribution in [-0.4, -0.2) is 27.5 Å². The van der Waals surface area contributed by atoms with Crippen molar-refractivity contribution in [3.8, 4) is 0 Å². The first-order valence-electron chi connectivity index (χ1n) is 5.59. The number of carbonyl (C=O) groups excluding carboxylic acids is 1. The number of anilines is 1. The molecule has 0 fully saturated rings. The third-order valence-electron chi connectivity index (χ3n) is 2.54. The van der Waals surface area contributed by atoms with Crippen LogP contribution in [0.1, 0.15) is 12.5 Å². The molecule has 1 heterocycles. The minimum absolute atomic E-state index is 0.0927. The van der Waals surface area contributed by atoms with Gasteiger partial charge < -0.3 is 5.73 Å². The number of thiocarbonyl (C=S) groups is 1. The van der Waals surface area contributed by atoms with E-state index in [0.717, 1.165) is 16.3 Å². The summed E-state index contributed by atoms with van der Waals surface area (Å²) in [5.41, 5.74) is 10.8. The van der Waals surface area contributed by atoms with Crippen LogP contribution >= 0.6 is 12.2 Å². The molecule has 6 nitrogen and oxygen atoms in total. The summed E-state index contributed by atoms with van der Waals surface area (Å²) in [4.78, 5) is 11.9. The van der Waals surface area contributed by atoms with E-state index >= 15 is 0 Å². The van der Waals surface area contributed by atoms with Crippen molar-refractivity contribution in [2.45, 2.75) is 13.8 Å². The lowest BCUT2D eigenvalue weighted by Gasteiger charge is -2.07. The molecule has 3 N–H and O–H groups in total. The second-order valence-electron chi connectivity index (χ2n) is 4.08. The predicted molar refractivity (Wildman–Crippen MR) is 79.0 cm³/mol. The van der Waals surface area contributed by atoms with E-state index in [4.69, 9.17) is 18.0 Å². The maximum atomic E-state index is 11.9. The molecule has 0 atom stereocenters. The summed E-state index contributed by atoms with van der Waals surface area (Å²) in [7, 11) is 0. The van der Waals surface area contributed by atoms with Crippen LogP contribution < -0.4 is 11.2 Å². The molecule has 0 aromatic heterocycles. The van der Waals surface area contributed by atoms with Gasteiger partial charge in [-0.05, 0) is 38.2 Å². The molecule has 0 bridgehead atoms. The van der Waals surface area contributed by atoms with Gasteiger partial charge in [-0.1, -0.05) is 17.7 Å². The summed E-state index contributed by atoms with van der Waals surface area (Å²) in [5, 5.41) is 8.85. The normalized spacial score (nSPS) is 16.7. The highest BCUT2D eigenvalue weighted by Gasteiger charge is 2.31. The van der Waals surface area contributed by atoms with Crippen molar-refractivity contribution in [3.63, 3.8) is 0 Å². The van der Waals surface area contributed by atoms with Crippen molar-refractivity contribution < 1.29 is 4.79 Å². The van der Waals surface area contributed by atoms with Crippen LogP contribution in [0.5, 0.6) is 0 Å².